The Kier molecular flexibility index (Phi) is 6.14. The van der Waals surface area contributed by atoms with Gasteiger partial charge in [-0.25, -0.2) is 0 Å². The predicted octanol–water partition coefficient (Wildman–Crippen LogP) is 7.95. The van der Waals surface area contributed by atoms with Crippen molar-refractivity contribution in [2.45, 2.75) is 7.59 Å². The first-order valence-corrected chi connectivity index (χ1v) is 7.67. The van der Waals surface area contributed by atoms with Crippen molar-refractivity contribution in [2.75, 3.05) is 0 Å². The minimum absolute atomic E-state index is 0.0948. The van der Waals surface area contributed by atoms with Gasteiger partial charge >= 0.3 is 0 Å². The van der Waals surface area contributed by atoms with Gasteiger partial charge in [0.2, 0.25) is 7.59 Å². The van der Waals surface area contributed by atoms with E-state index in [1.54, 1.807) is 0 Å². The van der Waals surface area contributed by atoms with Gasteiger partial charge < -0.3 is 0 Å². The Morgan fingerprint density at radius 2 is 0.667 bits per heavy atom. The lowest BCUT2D eigenvalue weighted by Gasteiger charge is -2.25. The predicted molar refractivity (Wildman–Crippen MR) is 85.0 cm³/mol. The number of rotatable bonds is 0. The van der Waals surface area contributed by atoms with Crippen LogP contribution in [0.25, 0.3) is 0 Å². The van der Waals surface area contributed by atoms with E-state index in [0.29, 0.717) is 0 Å². The highest BCUT2D eigenvalue weighted by atomic mass is 35.6. The number of benzene rings is 1. The first kappa shape index (κ1) is 18.2. The highest BCUT2D eigenvalue weighted by Gasteiger charge is 2.40. The van der Waals surface area contributed by atoms with Crippen molar-refractivity contribution in [2.24, 2.45) is 0 Å². The van der Waals surface area contributed by atoms with Crippen molar-refractivity contribution in [3.63, 3.8) is 0 Å². The summed E-state index contributed by atoms with van der Waals surface area (Å²) < 4.78 is -3.98. The molecule has 1 rings (SSSR count). The van der Waals surface area contributed by atoms with Crippen LogP contribution in [-0.2, 0) is 7.59 Å². The largest absolute Gasteiger partial charge is 0.217 e. The highest BCUT2D eigenvalue weighted by molar-refractivity contribution is 6.70. The SMILES string of the molecule is Clc1c(Cl)c(Cl)c(C(Cl)(Cl)Cl)c(C(Cl)(Cl)Cl)c1Cl. The zero-order valence-corrected chi connectivity index (χ0v) is 15.3. The van der Waals surface area contributed by atoms with E-state index in [4.69, 9.17) is 116 Å². The van der Waals surface area contributed by atoms with Gasteiger partial charge in [0.05, 0.1) is 20.1 Å². The molecule has 1 aromatic rings. The molecule has 18 heavy (non-hydrogen) atoms. The molecule has 0 aliphatic carbocycles. The Morgan fingerprint density at radius 1 is 0.444 bits per heavy atom. The van der Waals surface area contributed by atoms with Gasteiger partial charge in [-0.15, -0.1) is 0 Å². The fourth-order valence-electron chi connectivity index (χ4n) is 1.16. The van der Waals surface area contributed by atoms with Gasteiger partial charge in [-0.3, -0.25) is 0 Å². The Labute approximate surface area is 153 Å². The topological polar surface area (TPSA) is 0 Å². The summed E-state index contributed by atoms with van der Waals surface area (Å²) in [5, 5.41) is -0.481. The van der Waals surface area contributed by atoms with E-state index in [0.717, 1.165) is 0 Å². The molecule has 0 heterocycles. The molecule has 0 saturated carbocycles. The van der Waals surface area contributed by atoms with Crippen molar-refractivity contribution >= 4 is 116 Å². The van der Waals surface area contributed by atoms with Gasteiger partial charge in [-0.2, -0.15) is 0 Å². The molecule has 0 nitrogen and oxygen atoms in total. The Morgan fingerprint density at radius 3 is 0.833 bits per heavy atom. The van der Waals surface area contributed by atoms with Gasteiger partial charge in [-0.1, -0.05) is 116 Å². The summed E-state index contributed by atoms with van der Waals surface area (Å²) in [5.41, 5.74) is -0.262. The summed E-state index contributed by atoms with van der Waals surface area (Å²) in [6, 6.07) is 0. The van der Waals surface area contributed by atoms with Crippen LogP contribution in [0.1, 0.15) is 11.1 Å². The molecule has 0 fully saturated rings. The van der Waals surface area contributed by atoms with Crippen LogP contribution in [0, 0.1) is 0 Å². The number of alkyl halides is 6. The molecule has 0 aromatic heterocycles. The third kappa shape index (κ3) is 3.65. The van der Waals surface area contributed by atoms with Crippen LogP contribution in [0.5, 0.6) is 0 Å². The quantitative estimate of drug-likeness (QED) is 0.214. The second-order valence-corrected chi connectivity index (χ2v) is 9.08. The lowest BCUT2D eigenvalue weighted by atomic mass is 10.1. The van der Waals surface area contributed by atoms with Crippen molar-refractivity contribution in [1.82, 2.24) is 0 Å². The molecule has 0 N–H and O–H groups in total. The fourth-order valence-corrected chi connectivity index (χ4v) is 3.72. The highest BCUT2D eigenvalue weighted by Crippen LogP contribution is 2.56. The first-order chi connectivity index (χ1) is 7.89. The Balaban J connectivity index is 3.89. The van der Waals surface area contributed by atoms with Gasteiger partial charge in [0.25, 0.3) is 0 Å². The van der Waals surface area contributed by atoms with Crippen molar-refractivity contribution in [1.29, 1.82) is 0 Å². The molecule has 0 radical (unpaired) electrons. The smallest absolute Gasteiger partial charge is 0.0822 e. The van der Waals surface area contributed by atoms with E-state index < -0.39 is 7.59 Å². The maximum Gasteiger partial charge on any atom is 0.217 e. The summed E-state index contributed by atoms with van der Waals surface area (Å²) in [7, 11) is 0. The molecule has 0 bridgehead atoms. The maximum atomic E-state index is 5.96. The second-order valence-electron chi connectivity index (χ2n) is 3.00. The van der Waals surface area contributed by atoms with Gasteiger partial charge in [0, 0.05) is 11.1 Å². The van der Waals surface area contributed by atoms with E-state index in [-0.39, 0.29) is 31.2 Å². The molecular formula is C8Cl10. The third-order valence-corrected chi connectivity index (χ3v) is 4.77. The molecule has 0 spiro atoms. The molecule has 0 unspecified atom stereocenters. The van der Waals surface area contributed by atoms with Crippen LogP contribution in [0.3, 0.4) is 0 Å². The summed E-state index contributed by atoms with van der Waals surface area (Å²) >= 11 is 58.3. The van der Waals surface area contributed by atoms with E-state index in [1.807, 2.05) is 0 Å². The minimum atomic E-state index is -1.99. The van der Waals surface area contributed by atoms with Crippen LogP contribution in [0.15, 0.2) is 0 Å². The van der Waals surface area contributed by atoms with Crippen LogP contribution >= 0.6 is 116 Å². The Hall–Kier alpha value is 2.12. The molecule has 0 amide bonds. The second kappa shape index (κ2) is 6.08. The average Bonchev–Trinajstić information content (AvgIpc) is 2.16. The molecule has 1 aromatic carbocycles. The number of halogens is 10. The van der Waals surface area contributed by atoms with Gasteiger partial charge in [0.1, 0.15) is 0 Å². The van der Waals surface area contributed by atoms with Crippen LogP contribution in [-0.4, -0.2) is 0 Å². The molecule has 0 atom stereocenters. The van der Waals surface area contributed by atoms with Crippen molar-refractivity contribution in [3.8, 4) is 0 Å². The maximum absolute atomic E-state index is 5.96. The van der Waals surface area contributed by atoms with E-state index in [9.17, 15) is 0 Å². The van der Waals surface area contributed by atoms with E-state index in [2.05, 4.69) is 0 Å². The lowest BCUT2D eigenvalue weighted by molar-refractivity contribution is 1.11. The number of hydrogen-bond acceptors (Lipinski definition) is 0. The molecule has 10 heteroatoms. The summed E-state index contributed by atoms with van der Waals surface area (Å²) in [5.74, 6) is 0. The Bertz CT molecular complexity index is 435. The summed E-state index contributed by atoms with van der Waals surface area (Å²) in [4.78, 5) is 0. The lowest BCUT2D eigenvalue weighted by Crippen LogP contribution is -2.14. The van der Waals surface area contributed by atoms with Crippen LogP contribution < -0.4 is 0 Å². The summed E-state index contributed by atoms with van der Waals surface area (Å²) in [6.07, 6.45) is 0. The van der Waals surface area contributed by atoms with Gasteiger partial charge in [-0.05, 0) is 0 Å². The van der Waals surface area contributed by atoms with E-state index in [1.165, 1.54) is 0 Å². The average molecular weight is 451 g/mol. The fraction of sp³-hybridized carbons (Fsp3) is 0.250. The molecule has 0 saturated heterocycles. The number of hydrogen-bond donors (Lipinski definition) is 0. The standard InChI is InChI=1S/C8Cl10/c9-3-1(7(13,14)15)2(8(16,17)18)4(10)6(12)5(3)11. The van der Waals surface area contributed by atoms with Crippen LogP contribution in [0.2, 0.25) is 20.1 Å². The normalized spacial score (nSPS) is 13.0. The van der Waals surface area contributed by atoms with Crippen molar-refractivity contribution in [3.05, 3.63) is 31.2 Å². The zero-order chi connectivity index (χ0) is 14.5. The third-order valence-electron chi connectivity index (χ3n) is 1.83. The van der Waals surface area contributed by atoms with Crippen molar-refractivity contribution < 1.29 is 0 Å². The molecule has 102 valence electrons. The summed E-state index contributed by atoms with van der Waals surface area (Å²) in [6.45, 7) is 0. The molecule has 0 aliphatic heterocycles. The van der Waals surface area contributed by atoms with Crippen LogP contribution in [0.4, 0.5) is 0 Å². The molecular weight excluding hydrogens is 451 g/mol. The zero-order valence-electron chi connectivity index (χ0n) is 7.78. The monoisotopic (exact) mass is 446 g/mol. The molecule has 0 aliphatic rings. The van der Waals surface area contributed by atoms with E-state index >= 15 is 0 Å². The van der Waals surface area contributed by atoms with Gasteiger partial charge in [0.15, 0.2) is 0 Å². The minimum Gasteiger partial charge on any atom is -0.0822 e. The first-order valence-electron chi connectivity index (χ1n) is 3.89.